The number of carbonyl (C=O) groups is 1. The van der Waals surface area contributed by atoms with Crippen LogP contribution >= 0.6 is 11.8 Å². The van der Waals surface area contributed by atoms with Gasteiger partial charge in [0.25, 0.3) is 0 Å². The Balaban J connectivity index is 2.45. The molecule has 0 heterocycles. The number of rotatable bonds is 10. The lowest BCUT2D eigenvalue weighted by molar-refractivity contribution is -0.132. The number of hydrogen-bond donors (Lipinski definition) is 1. The quantitative estimate of drug-likeness (QED) is 0.420. The van der Waals surface area contributed by atoms with E-state index in [0.29, 0.717) is 5.57 Å². The first-order valence-corrected chi connectivity index (χ1v) is 10.3. The molecule has 1 aliphatic carbocycles. The van der Waals surface area contributed by atoms with Crippen LogP contribution in [0.25, 0.3) is 0 Å². The van der Waals surface area contributed by atoms with Crippen molar-refractivity contribution in [1.29, 1.82) is 0 Å². The highest BCUT2D eigenvalue weighted by Gasteiger charge is 2.11. The topological polar surface area (TPSA) is 37.3 Å². The monoisotopic (exact) mass is 372 g/mol. The summed E-state index contributed by atoms with van der Waals surface area (Å²) in [6, 6.07) is 0. The van der Waals surface area contributed by atoms with Gasteiger partial charge >= 0.3 is 5.97 Å². The van der Waals surface area contributed by atoms with Crippen LogP contribution in [0.2, 0.25) is 0 Å². The van der Waals surface area contributed by atoms with E-state index in [4.69, 9.17) is 0 Å². The number of aliphatic carboxylic acids is 1. The highest BCUT2D eigenvalue weighted by Crippen LogP contribution is 2.25. The average molecular weight is 373 g/mol. The number of carboxylic acids is 1. The highest BCUT2D eigenvalue weighted by molar-refractivity contribution is 8.03. The Labute approximate surface area is 163 Å². The number of thioether (sulfide) groups is 1. The first-order chi connectivity index (χ1) is 12.4. The van der Waals surface area contributed by atoms with Crippen LogP contribution in [-0.2, 0) is 4.79 Å². The van der Waals surface area contributed by atoms with Crippen molar-refractivity contribution < 1.29 is 9.90 Å². The molecule has 0 fully saturated rings. The van der Waals surface area contributed by atoms with Crippen molar-refractivity contribution in [2.75, 3.05) is 5.75 Å². The molecule has 0 saturated carbocycles. The molecule has 2 nitrogen and oxygen atoms in total. The molecule has 0 spiro atoms. The largest absolute Gasteiger partial charge is 0.478 e. The summed E-state index contributed by atoms with van der Waals surface area (Å²) in [4.78, 5) is 12.2. The second kappa shape index (κ2) is 12.6. The maximum atomic E-state index is 11.4. The maximum Gasteiger partial charge on any atom is 0.336 e. The lowest BCUT2D eigenvalue weighted by atomic mass is 10.1. The predicted octanol–water partition coefficient (Wildman–Crippen LogP) is 6.99. The molecule has 0 atom stereocenters. The fourth-order valence-corrected chi connectivity index (χ4v) is 3.58. The number of carboxylic acid groups (broad SMARTS) is 1. The van der Waals surface area contributed by atoms with Gasteiger partial charge in [-0.1, -0.05) is 59.3 Å². The number of hydrogen-bond acceptors (Lipinski definition) is 2. The molecule has 1 rings (SSSR count). The van der Waals surface area contributed by atoms with Crippen LogP contribution in [0.15, 0.2) is 69.7 Å². The fraction of sp³-hybridized carbons (Fsp3) is 0.435. The van der Waals surface area contributed by atoms with E-state index in [2.05, 4.69) is 45.9 Å². The molecule has 0 bridgehead atoms. The molecule has 1 aliphatic rings. The molecule has 0 radical (unpaired) electrons. The van der Waals surface area contributed by atoms with E-state index >= 15 is 0 Å². The summed E-state index contributed by atoms with van der Waals surface area (Å²) < 4.78 is 0. The molecule has 0 aromatic rings. The predicted molar refractivity (Wildman–Crippen MR) is 115 cm³/mol. The van der Waals surface area contributed by atoms with Crippen molar-refractivity contribution in [3.63, 3.8) is 0 Å². The van der Waals surface area contributed by atoms with E-state index in [-0.39, 0.29) is 0 Å². The van der Waals surface area contributed by atoms with Gasteiger partial charge in [-0.15, -0.1) is 11.8 Å². The normalized spacial score (nSPS) is 15.2. The van der Waals surface area contributed by atoms with E-state index in [1.54, 1.807) is 17.8 Å². The van der Waals surface area contributed by atoms with E-state index in [0.717, 1.165) is 42.8 Å². The molecule has 0 aromatic heterocycles. The maximum absolute atomic E-state index is 11.4. The Morgan fingerprint density at radius 3 is 2.27 bits per heavy atom. The molecular formula is C23H32O2S. The highest BCUT2D eigenvalue weighted by atomic mass is 32.2. The van der Waals surface area contributed by atoms with Crippen molar-refractivity contribution in [3.05, 3.63) is 69.7 Å². The molecule has 0 unspecified atom stereocenters. The van der Waals surface area contributed by atoms with Crippen LogP contribution < -0.4 is 0 Å². The van der Waals surface area contributed by atoms with Gasteiger partial charge in [0, 0.05) is 10.7 Å². The van der Waals surface area contributed by atoms with Crippen molar-refractivity contribution >= 4 is 17.7 Å². The zero-order valence-electron chi connectivity index (χ0n) is 16.5. The van der Waals surface area contributed by atoms with Gasteiger partial charge in [-0.05, 0) is 59.8 Å². The van der Waals surface area contributed by atoms with Gasteiger partial charge in [0.15, 0.2) is 0 Å². The molecule has 26 heavy (non-hydrogen) atoms. The van der Waals surface area contributed by atoms with Crippen LogP contribution in [0.3, 0.4) is 0 Å². The molecule has 142 valence electrons. The third-order valence-corrected chi connectivity index (χ3v) is 5.12. The second-order valence-electron chi connectivity index (χ2n) is 6.89. The molecular weight excluding hydrogens is 340 g/mol. The zero-order chi connectivity index (χ0) is 19.4. The lowest BCUT2D eigenvalue weighted by Crippen LogP contribution is -1.99. The van der Waals surface area contributed by atoms with Gasteiger partial charge < -0.3 is 5.11 Å². The second-order valence-corrected chi connectivity index (χ2v) is 7.96. The molecule has 0 aromatic carbocycles. The van der Waals surface area contributed by atoms with E-state index in [1.807, 2.05) is 18.2 Å². The van der Waals surface area contributed by atoms with Gasteiger partial charge in [-0.3, -0.25) is 0 Å². The summed E-state index contributed by atoms with van der Waals surface area (Å²) >= 11 is 1.59. The van der Waals surface area contributed by atoms with Crippen LogP contribution in [0, 0.1) is 0 Å². The fourth-order valence-electron chi connectivity index (χ4n) is 2.53. The molecule has 0 saturated heterocycles. The molecule has 1 N–H and O–H groups in total. The summed E-state index contributed by atoms with van der Waals surface area (Å²) in [6.07, 6.45) is 19.6. The summed E-state index contributed by atoms with van der Waals surface area (Å²) in [7, 11) is 0. The first kappa shape index (κ1) is 22.3. The van der Waals surface area contributed by atoms with Crippen LogP contribution in [0.5, 0.6) is 0 Å². The van der Waals surface area contributed by atoms with Crippen LogP contribution in [0.4, 0.5) is 0 Å². The van der Waals surface area contributed by atoms with Gasteiger partial charge in [0.1, 0.15) is 0 Å². The average Bonchev–Trinajstić information content (AvgIpc) is 2.80. The molecule has 3 heteroatoms. The minimum atomic E-state index is -0.857. The van der Waals surface area contributed by atoms with E-state index < -0.39 is 5.97 Å². The van der Waals surface area contributed by atoms with Gasteiger partial charge in [0.05, 0.1) is 5.57 Å². The van der Waals surface area contributed by atoms with Crippen LogP contribution in [0.1, 0.15) is 59.8 Å². The number of allylic oxidation sites excluding steroid dienone is 8. The third-order valence-electron chi connectivity index (χ3n) is 4.12. The summed E-state index contributed by atoms with van der Waals surface area (Å²) in [5.74, 6) is -0.0518. The Morgan fingerprint density at radius 1 is 1.00 bits per heavy atom. The van der Waals surface area contributed by atoms with Crippen molar-refractivity contribution in [1.82, 2.24) is 0 Å². The van der Waals surface area contributed by atoms with E-state index in [1.165, 1.54) is 16.7 Å². The minimum Gasteiger partial charge on any atom is -0.478 e. The smallest absolute Gasteiger partial charge is 0.336 e. The van der Waals surface area contributed by atoms with Crippen molar-refractivity contribution in [2.45, 2.75) is 59.8 Å². The Kier molecular flexibility index (Phi) is 10.8. The van der Waals surface area contributed by atoms with Gasteiger partial charge in [-0.2, -0.15) is 0 Å². The third kappa shape index (κ3) is 9.67. The van der Waals surface area contributed by atoms with E-state index in [9.17, 15) is 9.90 Å². The molecule has 0 amide bonds. The zero-order valence-corrected chi connectivity index (χ0v) is 17.4. The van der Waals surface area contributed by atoms with Crippen molar-refractivity contribution in [3.8, 4) is 0 Å². The summed E-state index contributed by atoms with van der Waals surface area (Å²) in [6.45, 7) is 8.64. The standard InChI is InChI=1S/C23H32O2S/c1-18(2)10-8-11-19(3)12-9-13-20(4)16-17-26-22-15-7-5-6-14-21(22)23(24)25/h6-7,10,12,14-16H,5,8-9,11,13,17H2,1-4H3,(H,24,25)/b19-12+,20-16+. The summed E-state index contributed by atoms with van der Waals surface area (Å²) in [5, 5.41) is 9.32. The lowest BCUT2D eigenvalue weighted by Gasteiger charge is -2.04. The Hall–Kier alpha value is -1.74. The van der Waals surface area contributed by atoms with Crippen LogP contribution in [-0.4, -0.2) is 16.8 Å². The molecule has 0 aliphatic heterocycles. The minimum absolute atomic E-state index is 0.393. The van der Waals surface area contributed by atoms with Gasteiger partial charge in [-0.25, -0.2) is 4.79 Å². The summed E-state index contributed by atoms with van der Waals surface area (Å²) in [5.41, 5.74) is 4.59. The first-order valence-electron chi connectivity index (χ1n) is 9.28. The Bertz CT molecular complexity index is 654. The van der Waals surface area contributed by atoms with Gasteiger partial charge in [0.2, 0.25) is 0 Å². The Morgan fingerprint density at radius 2 is 1.62 bits per heavy atom. The SMILES string of the molecule is CC(C)=CCC/C(C)=C/CC/C(C)=C/CSC1=C(C(=O)O)C=CCC=C1. The van der Waals surface area contributed by atoms with Crippen molar-refractivity contribution in [2.24, 2.45) is 0 Å².